The van der Waals surface area contributed by atoms with E-state index in [0.29, 0.717) is 0 Å². The molecule has 0 amide bonds. The van der Waals surface area contributed by atoms with Gasteiger partial charge in [0.25, 0.3) is 0 Å². The first kappa shape index (κ1) is 13.0. The molecule has 0 saturated heterocycles. The smallest absolute Gasteiger partial charge is 0.185 e. The summed E-state index contributed by atoms with van der Waals surface area (Å²) in [6, 6.07) is 2.28. The SMILES string of the molecule is CNC(C)(C#N)CCCSc1ncnn1C. The number of nitrogens with one attached hydrogen (secondary N) is 1. The first-order valence-electron chi connectivity index (χ1n) is 5.18. The van der Waals surface area contributed by atoms with Crippen molar-refractivity contribution < 1.29 is 0 Å². The van der Waals surface area contributed by atoms with E-state index >= 15 is 0 Å². The van der Waals surface area contributed by atoms with Crippen LogP contribution in [-0.4, -0.2) is 33.1 Å². The van der Waals surface area contributed by atoms with Gasteiger partial charge in [-0.3, -0.25) is 0 Å². The number of aromatic nitrogens is 3. The monoisotopic (exact) mass is 239 g/mol. The van der Waals surface area contributed by atoms with Crippen molar-refractivity contribution in [2.45, 2.75) is 30.5 Å². The van der Waals surface area contributed by atoms with Gasteiger partial charge in [-0.1, -0.05) is 11.8 Å². The van der Waals surface area contributed by atoms with Crippen LogP contribution in [0.15, 0.2) is 11.5 Å². The number of rotatable bonds is 6. The number of aryl methyl sites for hydroxylation is 1. The normalized spacial score (nSPS) is 14.4. The zero-order valence-corrected chi connectivity index (χ0v) is 10.7. The zero-order valence-electron chi connectivity index (χ0n) is 9.90. The second-order valence-electron chi connectivity index (χ2n) is 3.81. The summed E-state index contributed by atoms with van der Waals surface area (Å²) in [7, 11) is 3.70. The van der Waals surface area contributed by atoms with Gasteiger partial charge in [-0.15, -0.1) is 0 Å². The Morgan fingerprint density at radius 3 is 2.94 bits per heavy atom. The van der Waals surface area contributed by atoms with Crippen LogP contribution in [0.25, 0.3) is 0 Å². The molecule has 0 spiro atoms. The molecular weight excluding hydrogens is 222 g/mol. The highest BCUT2D eigenvalue weighted by Gasteiger charge is 2.20. The highest BCUT2D eigenvalue weighted by atomic mass is 32.2. The van der Waals surface area contributed by atoms with Crippen LogP contribution in [0.5, 0.6) is 0 Å². The summed E-state index contributed by atoms with van der Waals surface area (Å²) in [6.07, 6.45) is 3.36. The third-order valence-electron chi connectivity index (χ3n) is 2.52. The first-order valence-corrected chi connectivity index (χ1v) is 6.17. The molecule has 88 valence electrons. The molecule has 0 saturated carbocycles. The van der Waals surface area contributed by atoms with Crippen LogP contribution in [0.1, 0.15) is 19.8 Å². The minimum Gasteiger partial charge on any atom is -0.303 e. The van der Waals surface area contributed by atoms with Crippen LogP contribution in [0.3, 0.4) is 0 Å². The van der Waals surface area contributed by atoms with Crippen molar-refractivity contribution in [3.8, 4) is 6.07 Å². The van der Waals surface area contributed by atoms with Crippen LogP contribution >= 0.6 is 11.8 Å². The Morgan fingerprint density at radius 1 is 1.69 bits per heavy atom. The summed E-state index contributed by atoms with van der Waals surface area (Å²) in [5.74, 6) is 0.950. The molecule has 16 heavy (non-hydrogen) atoms. The average molecular weight is 239 g/mol. The van der Waals surface area contributed by atoms with Gasteiger partial charge in [-0.05, 0) is 26.8 Å². The number of nitriles is 1. The number of hydrogen-bond acceptors (Lipinski definition) is 5. The van der Waals surface area contributed by atoms with Crippen molar-refractivity contribution in [2.24, 2.45) is 7.05 Å². The molecular formula is C10H17N5S. The summed E-state index contributed by atoms with van der Waals surface area (Å²) in [4.78, 5) is 4.12. The predicted octanol–water partition coefficient (Wildman–Crippen LogP) is 1.19. The van der Waals surface area contributed by atoms with Crippen LogP contribution < -0.4 is 5.32 Å². The molecule has 5 nitrogen and oxygen atoms in total. The van der Waals surface area contributed by atoms with Gasteiger partial charge < -0.3 is 5.32 Å². The summed E-state index contributed by atoms with van der Waals surface area (Å²) >= 11 is 1.67. The summed E-state index contributed by atoms with van der Waals surface area (Å²) < 4.78 is 1.76. The lowest BCUT2D eigenvalue weighted by Gasteiger charge is -2.19. The van der Waals surface area contributed by atoms with Gasteiger partial charge in [-0.25, -0.2) is 9.67 Å². The Labute approximate surface area is 100 Å². The maximum Gasteiger partial charge on any atom is 0.185 e. The van der Waals surface area contributed by atoms with Crippen LogP contribution in [-0.2, 0) is 7.05 Å². The van der Waals surface area contributed by atoms with Crippen LogP contribution in [0, 0.1) is 11.3 Å². The molecule has 0 radical (unpaired) electrons. The van der Waals surface area contributed by atoms with Crippen LogP contribution in [0.2, 0.25) is 0 Å². The number of hydrogen-bond donors (Lipinski definition) is 1. The Hall–Kier alpha value is -1.06. The van der Waals surface area contributed by atoms with E-state index in [1.807, 2.05) is 21.0 Å². The van der Waals surface area contributed by atoms with Crippen molar-refractivity contribution >= 4 is 11.8 Å². The molecule has 0 bridgehead atoms. The van der Waals surface area contributed by atoms with Gasteiger partial charge in [0.15, 0.2) is 5.16 Å². The average Bonchev–Trinajstić information content (AvgIpc) is 2.70. The van der Waals surface area contributed by atoms with Gasteiger partial charge in [0.1, 0.15) is 11.9 Å². The molecule has 0 aromatic carbocycles. The lowest BCUT2D eigenvalue weighted by Crippen LogP contribution is -2.37. The van der Waals surface area contributed by atoms with E-state index in [1.54, 1.807) is 22.8 Å². The van der Waals surface area contributed by atoms with Gasteiger partial charge in [0, 0.05) is 12.8 Å². The fraction of sp³-hybridized carbons (Fsp3) is 0.700. The third kappa shape index (κ3) is 3.51. The minimum atomic E-state index is -0.416. The molecule has 1 rings (SSSR count). The van der Waals surface area contributed by atoms with Crippen molar-refractivity contribution in [3.05, 3.63) is 6.33 Å². The van der Waals surface area contributed by atoms with Gasteiger partial charge >= 0.3 is 0 Å². The standard InChI is InChI=1S/C10H17N5S/c1-10(7-11,12-2)5-4-6-16-9-13-8-14-15(9)3/h8,12H,4-6H2,1-3H3. The molecule has 1 unspecified atom stereocenters. The molecule has 0 aliphatic heterocycles. The van der Waals surface area contributed by atoms with Crippen molar-refractivity contribution in [1.82, 2.24) is 20.1 Å². The van der Waals surface area contributed by atoms with E-state index in [9.17, 15) is 0 Å². The Morgan fingerprint density at radius 2 is 2.44 bits per heavy atom. The minimum absolute atomic E-state index is 0.416. The van der Waals surface area contributed by atoms with Gasteiger partial charge in [-0.2, -0.15) is 10.4 Å². The Bertz CT molecular complexity index is 370. The zero-order chi connectivity index (χ0) is 12.0. The van der Waals surface area contributed by atoms with E-state index in [1.165, 1.54) is 0 Å². The number of thioether (sulfide) groups is 1. The fourth-order valence-electron chi connectivity index (χ4n) is 1.24. The second-order valence-corrected chi connectivity index (χ2v) is 4.87. The maximum absolute atomic E-state index is 8.97. The van der Waals surface area contributed by atoms with Crippen molar-refractivity contribution in [1.29, 1.82) is 5.26 Å². The molecule has 1 atom stereocenters. The largest absolute Gasteiger partial charge is 0.303 e. The van der Waals surface area contributed by atoms with Crippen LogP contribution in [0.4, 0.5) is 0 Å². The summed E-state index contributed by atoms with van der Waals surface area (Å²) in [5.41, 5.74) is -0.416. The molecule has 1 N–H and O–H groups in total. The van der Waals surface area contributed by atoms with E-state index in [0.717, 1.165) is 23.8 Å². The Balaban J connectivity index is 2.28. The lowest BCUT2D eigenvalue weighted by atomic mass is 9.99. The molecule has 6 heteroatoms. The van der Waals surface area contributed by atoms with E-state index in [-0.39, 0.29) is 0 Å². The van der Waals surface area contributed by atoms with Gasteiger partial charge in [0.2, 0.25) is 0 Å². The van der Waals surface area contributed by atoms with Crippen molar-refractivity contribution in [2.75, 3.05) is 12.8 Å². The van der Waals surface area contributed by atoms with Crippen molar-refractivity contribution in [3.63, 3.8) is 0 Å². The quantitative estimate of drug-likeness (QED) is 0.596. The van der Waals surface area contributed by atoms with E-state index in [4.69, 9.17) is 5.26 Å². The predicted molar refractivity (Wildman–Crippen MR) is 64.0 cm³/mol. The molecule has 1 heterocycles. The Kier molecular flexibility index (Phi) is 4.77. The molecule has 1 aromatic heterocycles. The molecule has 0 aliphatic carbocycles. The summed E-state index contributed by atoms with van der Waals surface area (Å²) in [6.45, 7) is 1.92. The number of nitrogens with zero attached hydrogens (tertiary/aromatic N) is 4. The highest BCUT2D eigenvalue weighted by Crippen LogP contribution is 2.18. The summed E-state index contributed by atoms with van der Waals surface area (Å²) in [5, 5.41) is 16.9. The third-order valence-corrected chi connectivity index (χ3v) is 3.64. The van der Waals surface area contributed by atoms with E-state index in [2.05, 4.69) is 21.5 Å². The van der Waals surface area contributed by atoms with Gasteiger partial charge in [0.05, 0.1) is 6.07 Å². The second kappa shape index (κ2) is 5.87. The van der Waals surface area contributed by atoms with E-state index < -0.39 is 5.54 Å². The first-order chi connectivity index (χ1) is 7.61. The lowest BCUT2D eigenvalue weighted by molar-refractivity contribution is 0.451. The highest BCUT2D eigenvalue weighted by molar-refractivity contribution is 7.99. The topological polar surface area (TPSA) is 66.5 Å². The molecule has 0 fully saturated rings. The fourth-order valence-corrected chi connectivity index (χ4v) is 2.07. The molecule has 1 aromatic rings. The molecule has 0 aliphatic rings. The maximum atomic E-state index is 8.97.